The van der Waals surface area contributed by atoms with Crippen LogP contribution in [0.4, 0.5) is 5.69 Å². The third kappa shape index (κ3) is 4.93. The first-order chi connectivity index (χ1) is 13.5. The van der Waals surface area contributed by atoms with Crippen LogP contribution in [0.15, 0.2) is 48.5 Å². The summed E-state index contributed by atoms with van der Waals surface area (Å²) in [5.74, 6) is 0.488. The highest BCUT2D eigenvalue weighted by molar-refractivity contribution is 6.30. The maximum absolute atomic E-state index is 12.6. The average molecular weight is 399 g/mol. The van der Waals surface area contributed by atoms with Gasteiger partial charge in [0.2, 0.25) is 5.91 Å². The molecule has 0 bridgehead atoms. The molecule has 0 radical (unpaired) electrons. The molecule has 1 aliphatic rings. The van der Waals surface area contributed by atoms with Gasteiger partial charge in [-0.1, -0.05) is 37.6 Å². The minimum absolute atomic E-state index is 0.00356. The largest absolute Gasteiger partial charge is 0.339 e. The van der Waals surface area contributed by atoms with E-state index in [-0.39, 0.29) is 17.7 Å². The Labute approximate surface area is 171 Å². The van der Waals surface area contributed by atoms with Gasteiger partial charge in [0.1, 0.15) is 0 Å². The zero-order valence-electron chi connectivity index (χ0n) is 16.5. The maximum Gasteiger partial charge on any atom is 0.253 e. The molecule has 4 nitrogen and oxygen atoms in total. The number of amides is 2. The molecule has 1 unspecified atom stereocenters. The number of hydrogen-bond donors (Lipinski definition) is 1. The molecular formula is C23H27ClN2O2. The molecule has 2 amide bonds. The van der Waals surface area contributed by atoms with Crippen LogP contribution in [0.2, 0.25) is 5.02 Å². The topological polar surface area (TPSA) is 49.4 Å². The van der Waals surface area contributed by atoms with Gasteiger partial charge in [-0.25, -0.2) is 0 Å². The quantitative estimate of drug-likeness (QED) is 0.738. The molecule has 3 rings (SSSR count). The van der Waals surface area contributed by atoms with Crippen LogP contribution in [0.5, 0.6) is 0 Å². The van der Waals surface area contributed by atoms with E-state index in [9.17, 15) is 9.59 Å². The van der Waals surface area contributed by atoms with Crippen molar-refractivity contribution in [3.05, 3.63) is 64.7 Å². The summed E-state index contributed by atoms with van der Waals surface area (Å²) in [6.45, 7) is 5.55. The summed E-state index contributed by atoms with van der Waals surface area (Å²) in [4.78, 5) is 27.0. The van der Waals surface area contributed by atoms with E-state index in [1.807, 2.05) is 17.0 Å². The number of nitrogens with zero attached hydrogens (tertiary/aromatic N) is 1. The van der Waals surface area contributed by atoms with Crippen LogP contribution in [0.3, 0.4) is 0 Å². The standard InChI is InChI=1S/C23H27ClN2O2/c1-3-16(2)17-6-10-21(11-7-17)25-22(27)18-12-14-26(15-13-18)23(28)19-4-8-20(24)9-5-19/h4-11,16,18H,3,12-15H2,1-2H3,(H,25,27). The molecule has 5 heteroatoms. The first kappa shape index (κ1) is 20.4. The van der Waals surface area contributed by atoms with E-state index >= 15 is 0 Å². The minimum atomic E-state index is -0.0662. The molecule has 148 valence electrons. The number of anilines is 1. The molecule has 0 aliphatic carbocycles. The molecule has 0 saturated carbocycles. The fourth-order valence-corrected chi connectivity index (χ4v) is 3.62. The summed E-state index contributed by atoms with van der Waals surface area (Å²) in [5, 5.41) is 3.64. The summed E-state index contributed by atoms with van der Waals surface area (Å²) >= 11 is 5.88. The molecule has 1 heterocycles. The van der Waals surface area contributed by atoms with Crippen molar-refractivity contribution in [2.24, 2.45) is 5.92 Å². The average Bonchev–Trinajstić information content (AvgIpc) is 2.74. The van der Waals surface area contributed by atoms with Gasteiger partial charge < -0.3 is 10.2 Å². The van der Waals surface area contributed by atoms with E-state index in [1.165, 1.54) is 5.56 Å². The number of carbonyl (C=O) groups excluding carboxylic acids is 2. The normalized spacial score (nSPS) is 15.9. The monoisotopic (exact) mass is 398 g/mol. The highest BCUT2D eigenvalue weighted by atomic mass is 35.5. The summed E-state index contributed by atoms with van der Waals surface area (Å²) in [6, 6.07) is 15.0. The second kappa shape index (κ2) is 9.24. The lowest BCUT2D eigenvalue weighted by atomic mass is 9.95. The Morgan fingerprint density at radius 2 is 1.68 bits per heavy atom. The number of piperidine rings is 1. The van der Waals surface area contributed by atoms with Crippen molar-refractivity contribution < 1.29 is 9.59 Å². The van der Waals surface area contributed by atoms with Gasteiger partial charge in [-0.3, -0.25) is 9.59 Å². The Balaban J connectivity index is 1.52. The highest BCUT2D eigenvalue weighted by Gasteiger charge is 2.27. The van der Waals surface area contributed by atoms with Crippen molar-refractivity contribution in [3.63, 3.8) is 0 Å². The summed E-state index contributed by atoms with van der Waals surface area (Å²) in [7, 11) is 0. The van der Waals surface area contributed by atoms with Gasteiger partial charge in [-0.2, -0.15) is 0 Å². The summed E-state index contributed by atoms with van der Waals surface area (Å²) in [5.41, 5.74) is 2.75. The molecule has 1 aliphatic heterocycles. The first-order valence-corrected chi connectivity index (χ1v) is 10.3. The number of rotatable bonds is 5. The van der Waals surface area contributed by atoms with Gasteiger partial charge in [0, 0.05) is 35.3 Å². The molecule has 2 aromatic carbocycles. The third-order valence-electron chi connectivity index (χ3n) is 5.60. The van der Waals surface area contributed by atoms with Crippen LogP contribution in [-0.2, 0) is 4.79 Å². The van der Waals surface area contributed by atoms with Gasteiger partial charge >= 0.3 is 0 Å². The van der Waals surface area contributed by atoms with Crippen LogP contribution < -0.4 is 5.32 Å². The van der Waals surface area contributed by atoms with Gasteiger partial charge in [0.25, 0.3) is 5.91 Å². The number of halogens is 1. The second-order valence-corrected chi connectivity index (χ2v) is 7.93. The molecule has 1 atom stereocenters. The van der Waals surface area contributed by atoms with Crippen molar-refractivity contribution in [2.45, 2.75) is 39.0 Å². The van der Waals surface area contributed by atoms with Crippen molar-refractivity contribution in [1.82, 2.24) is 4.90 Å². The first-order valence-electron chi connectivity index (χ1n) is 9.93. The Hall–Kier alpha value is -2.33. The highest BCUT2D eigenvalue weighted by Crippen LogP contribution is 2.23. The van der Waals surface area contributed by atoms with E-state index in [0.29, 0.717) is 42.4 Å². The van der Waals surface area contributed by atoms with Gasteiger partial charge in [0.15, 0.2) is 0 Å². The zero-order valence-corrected chi connectivity index (χ0v) is 17.2. The van der Waals surface area contributed by atoms with E-state index in [1.54, 1.807) is 24.3 Å². The van der Waals surface area contributed by atoms with Crippen LogP contribution in [0, 0.1) is 5.92 Å². The van der Waals surface area contributed by atoms with Crippen LogP contribution in [0.1, 0.15) is 54.9 Å². The predicted octanol–water partition coefficient (Wildman–Crippen LogP) is 5.34. The van der Waals surface area contributed by atoms with Gasteiger partial charge in [0.05, 0.1) is 0 Å². The van der Waals surface area contributed by atoms with E-state index in [0.717, 1.165) is 12.1 Å². The zero-order chi connectivity index (χ0) is 20.1. The SMILES string of the molecule is CCC(C)c1ccc(NC(=O)C2CCN(C(=O)c3ccc(Cl)cc3)CC2)cc1. The Bertz CT molecular complexity index is 810. The fraction of sp³-hybridized carbons (Fsp3) is 0.391. The fourth-order valence-electron chi connectivity index (χ4n) is 3.49. The lowest BCUT2D eigenvalue weighted by Gasteiger charge is -2.31. The van der Waals surface area contributed by atoms with Crippen LogP contribution in [-0.4, -0.2) is 29.8 Å². The molecule has 28 heavy (non-hydrogen) atoms. The Kier molecular flexibility index (Phi) is 6.74. The van der Waals surface area contributed by atoms with E-state index in [4.69, 9.17) is 11.6 Å². The molecule has 0 spiro atoms. The van der Waals surface area contributed by atoms with Crippen LogP contribution in [0.25, 0.3) is 0 Å². The smallest absolute Gasteiger partial charge is 0.253 e. The lowest BCUT2D eigenvalue weighted by molar-refractivity contribution is -0.121. The molecule has 2 aromatic rings. The second-order valence-electron chi connectivity index (χ2n) is 7.49. The number of likely N-dealkylation sites (tertiary alicyclic amines) is 1. The number of hydrogen-bond acceptors (Lipinski definition) is 2. The van der Waals surface area contributed by atoms with Crippen molar-refractivity contribution in [2.75, 3.05) is 18.4 Å². The molecule has 0 aromatic heterocycles. The van der Waals surface area contributed by atoms with E-state index < -0.39 is 0 Å². The molecule has 1 N–H and O–H groups in total. The lowest BCUT2D eigenvalue weighted by Crippen LogP contribution is -2.41. The third-order valence-corrected chi connectivity index (χ3v) is 5.86. The number of carbonyl (C=O) groups is 2. The van der Waals surface area contributed by atoms with Crippen molar-refractivity contribution >= 4 is 29.1 Å². The number of benzene rings is 2. The van der Waals surface area contributed by atoms with Crippen molar-refractivity contribution in [3.8, 4) is 0 Å². The molecular weight excluding hydrogens is 372 g/mol. The minimum Gasteiger partial charge on any atom is -0.339 e. The maximum atomic E-state index is 12.6. The molecule has 1 fully saturated rings. The summed E-state index contributed by atoms with van der Waals surface area (Å²) in [6.07, 6.45) is 2.45. The van der Waals surface area contributed by atoms with E-state index in [2.05, 4.69) is 31.3 Å². The van der Waals surface area contributed by atoms with Crippen molar-refractivity contribution in [1.29, 1.82) is 0 Å². The Morgan fingerprint density at radius 3 is 2.25 bits per heavy atom. The van der Waals surface area contributed by atoms with Crippen LogP contribution >= 0.6 is 11.6 Å². The number of nitrogens with one attached hydrogen (secondary N) is 1. The summed E-state index contributed by atoms with van der Waals surface area (Å²) < 4.78 is 0. The molecule has 1 saturated heterocycles. The Morgan fingerprint density at radius 1 is 1.07 bits per heavy atom. The van der Waals surface area contributed by atoms with Gasteiger partial charge in [-0.15, -0.1) is 0 Å². The predicted molar refractivity (Wildman–Crippen MR) is 114 cm³/mol. The van der Waals surface area contributed by atoms with Gasteiger partial charge in [-0.05, 0) is 67.1 Å².